The molecule has 70 valence electrons. The summed E-state index contributed by atoms with van der Waals surface area (Å²) in [5, 5.41) is 6.19. The van der Waals surface area contributed by atoms with Crippen LogP contribution in [0.4, 0.5) is 11.5 Å². The molecule has 0 bridgehead atoms. The Morgan fingerprint density at radius 3 is 3.08 bits per heavy atom. The van der Waals surface area contributed by atoms with E-state index in [-0.39, 0.29) is 11.6 Å². The van der Waals surface area contributed by atoms with E-state index in [2.05, 4.69) is 20.6 Å². The van der Waals surface area contributed by atoms with E-state index < -0.39 is 0 Å². The molecule has 1 aliphatic rings. The molecule has 5 heteroatoms. The minimum Gasteiger partial charge on any atom is -0.373 e. The minimum atomic E-state index is -0.110. The van der Waals surface area contributed by atoms with Crippen LogP contribution in [0.1, 0.15) is 12.7 Å². The molecule has 5 nitrogen and oxygen atoms in total. The number of H-pyrrole nitrogens is 1. The number of aryl methyl sites for hydroxylation is 1. The summed E-state index contributed by atoms with van der Waals surface area (Å²) in [5.41, 5.74) is 0.436. The number of rotatable bonds is 0. The lowest BCUT2D eigenvalue weighted by Gasteiger charge is -2.23. The van der Waals surface area contributed by atoms with Gasteiger partial charge in [-0.3, -0.25) is 4.79 Å². The van der Waals surface area contributed by atoms with Crippen LogP contribution in [0.3, 0.4) is 0 Å². The van der Waals surface area contributed by atoms with Crippen molar-refractivity contribution in [2.75, 3.05) is 17.2 Å². The number of anilines is 2. The van der Waals surface area contributed by atoms with Gasteiger partial charge in [-0.15, -0.1) is 0 Å². The number of fused-ring (bicyclic) bond motifs is 1. The number of aromatic amines is 1. The molecule has 1 atom stereocenters. The molecule has 1 aromatic heterocycles. The summed E-state index contributed by atoms with van der Waals surface area (Å²) in [6, 6.07) is 0.262. The van der Waals surface area contributed by atoms with Gasteiger partial charge in [0.2, 0.25) is 0 Å². The lowest BCUT2D eigenvalue weighted by Crippen LogP contribution is -2.35. The summed E-state index contributed by atoms with van der Waals surface area (Å²) in [6.45, 7) is 4.57. The Labute approximate surface area is 75.6 Å². The number of hydrogen-bond acceptors (Lipinski definition) is 4. The van der Waals surface area contributed by atoms with Crippen LogP contribution >= 0.6 is 0 Å². The average molecular weight is 180 g/mol. The van der Waals surface area contributed by atoms with Gasteiger partial charge in [-0.2, -0.15) is 0 Å². The molecule has 2 heterocycles. The van der Waals surface area contributed by atoms with Crippen LogP contribution in [0.25, 0.3) is 0 Å². The number of nitrogens with one attached hydrogen (secondary N) is 3. The molecule has 0 radical (unpaired) electrons. The molecule has 1 aromatic rings. The predicted octanol–water partition coefficient (Wildman–Crippen LogP) is 0.304. The molecule has 0 amide bonds. The Morgan fingerprint density at radius 2 is 2.31 bits per heavy atom. The summed E-state index contributed by atoms with van der Waals surface area (Å²) in [6.07, 6.45) is 0. The Balaban J connectivity index is 2.53. The molecular formula is C8H12N4O. The Morgan fingerprint density at radius 1 is 1.54 bits per heavy atom. The van der Waals surface area contributed by atoms with E-state index in [9.17, 15) is 4.79 Å². The van der Waals surface area contributed by atoms with Crippen molar-refractivity contribution in [2.24, 2.45) is 0 Å². The molecule has 13 heavy (non-hydrogen) atoms. The fourth-order valence-electron chi connectivity index (χ4n) is 1.39. The molecule has 2 rings (SSSR count). The summed E-state index contributed by atoms with van der Waals surface area (Å²) in [7, 11) is 0. The van der Waals surface area contributed by atoms with Gasteiger partial charge >= 0.3 is 0 Å². The van der Waals surface area contributed by atoms with Crippen molar-refractivity contribution < 1.29 is 0 Å². The van der Waals surface area contributed by atoms with Gasteiger partial charge in [0.05, 0.1) is 0 Å². The first-order valence-electron chi connectivity index (χ1n) is 4.28. The Kier molecular flexibility index (Phi) is 1.72. The summed E-state index contributed by atoms with van der Waals surface area (Å²) >= 11 is 0. The fourth-order valence-corrected chi connectivity index (χ4v) is 1.39. The first-order chi connectivity index (χ1) is 6.16. The van der Waals surface area contributed by atoms with Gasteiger partial charge < -0.3 is 15.6 Å². The molecule has 3 N–H and O–H groups in total. The van der Waals surface area contributed by atoms with Crippen molar-refractivity contribution >= 4 is 11.5 Å². The highest BCUT2D eigenvalue weighted by Crippen LogP contribution is 2.18. The van der Waals surface area contributed by atoms with E-state index in [1.165, 1.54) is 0 Å². The second-order valence-corrected chi connectivity index (χ2v) is 3.30. The maximum atomic E-state index is 11.4. The normalized spacial score (nSPS) is 20.0. The van der Waals surface area contributed by atoms with Gasteiger partial charge in [-0.1, -0.05) is 0 Å². The number of aromatic nitrogens is 2. The quantitative estimate of drug-likeness (QED) is 0.537. The van der Waals surface area contributed by atoms with Crippen molar-refractivity contribution in [1.29, 1.82) is 0 Å². The number of nitrogens with zero attached hydrogens (tertiary/aromatic N) is 1. The van der Waals surface area contributed by atoms with Crippen LogP contribution < -0.4 is 16.2 Å². The van der Waals surface area contributed by atoms with Crippen molar-refractivity contribution in [3.63, 3.8) is 0 Å². The van der Waals surface area contributed by atoms with Crippen LogP contribution in [0.2, 0.25) is 0 Å². The van der Waals surface area contributed by atoms with E-state index in [4.69, 9.17) is 0 Å². The SMILES string of the molecule is Cc1nc2c(c(=O)[nH]1)N[C@H](C)CN2. The second kappa shape index (κ2) is 2.76. The van der Waals surface area contributed by atoms with Gasteiger partial charge in [-0.05, 0) is 13.8 Å². The lowest BCUT2D eigenvalue weighted by atomic mass is 10.2. The van der Waals surface area contributed by atoms with E-state index in [1.807, 2.05) is 6.92 Å². The fraction of sp³-hybridized carbons (Fsp3) is 0.500. The van der Waals surface area contributed by atoms with Gasteiger partial charge in [-0.25, -0.2) is 4.98 Å². The third-order valence-corrected chi connectivity index (χ3v) is 2.00. The first kappa shape index (κ1) is 8.10. The molecule has 0 unspecified atom stereocenters. The molecule has 0 fully saturated rings. The Bertz CT molecular complexity index is 384. The van der Waals surface area contributed by atoms with Gasteiger partial charge in [0.1, 0.15) is 11.5 Å². The van der Waals surface area contributed by atoms with E-state index in [0.717, 1.165) is 6.54 Å². The average Bonchev–Trinajstić information content (AvgIpc) is 2.06. The predicted molar refractivity (Wildman–Crippen MR) is 51.2 cm³/mol. The van der Waals surface area contributed by atoms with E-state index >= 15 is 0 Å². The minimum absolute atomic E-state index is 0.110. The highest BCUT2D eigenvalue weighted by Gasteiger charge is 2.17. The van der Waals surface area contributed by atoms with Crippen LogP contribution in [0.5, 0.6) is 0 Å². The summed E-state index contributed by atoms with van der Waals surface area (Å²) in [5.74, 6) is 1.28. The monoisotopic (exact) mass is 180 g/mol. The highest BCUT2D eigenvalue weighted by atomic mass is 16.1. The van der Waals surface area contributed by atoms with Crippen LogP contribution in [0, 0.1) is 6.92 Å². The van der Waals surface area contributed by atoms with Crippen molar-refractivity contribution in [3.05, 3.63) is 16.2 Å². The molecule has 0 aliphatic carbocycles. The van der Waals surface area contributed by atoms with Crippen molar-refractivity contribution in [3.8, 4) is 0 Å². The van der Waals surface area contributed by atoms with Gasteiger partial charge in [0, 0.05) is 12.6 Å². The third-order valence-electron chi connectivity index (χ3n) is 2.00. The molecule has 0 spiro atoms. The maximum absolute atomic E-state index is 11.4. The first-order valence-corrected chi connectivity index (χ1v) is 4.28. The second-order valence-electron chi connectivity index (χ2n) is 3.30. The zero-order valence-corrected chi connectivity index (χ0v) is 7.64. The Hall–Kier alpha value is -1.52. The largest absolute Gasteiger partial charge is 0.373 e. The smallest absolute Gasteiger partial charge is 0.276 e. The van der Waals surface area contributed by atoms with Crippen molar-refractivity contribution in [2.45, 2.75) is 19.9 Å². The van der Waals surface area contributed by atoms with E-state index in [1.54, 1.807) is 6.92 Å². The number of hydrogen-bond donors (Lipinski definition) is 3. The standard InChI is InChI=1S/C8H12N4O/c1-4-3-9-7-6(10-4)8(13)12-5(2)11-7/h4,10H,3H2,1-2H3,(H2,9,11,12,13)/t4-/m1/s1. The summed E-state index contributed by atoms with van der Waals surface area (Å²) in [4.78, 5) is 18.3. The molecule has 0 aromatic carbocycles. The molecule has 0 saturated carbocycles. The zero-order chi connectivity index (χ0) is 9.42. The van der Waals surface area contributed by atoms with Crippen molar-refractivity contribution in [1.82, 2.24) is 9.97 Å². The van der Waals surface area contributed by atoms with Gasteiger partial charge in [0.15, 0.2) is 5.82 Å². The van der Waals surface area contributed by atoms with E-state index in [0.29, 0.717) is 17.3 Å². The highest BCUT2D eigenvalue weighted by molar-refractivity contribution is 5.65. The lowest BCUT2D eigenvalue weighted by molar-refractivity contribution is 0.798. The topological polar surface area (TPSA) is 69.8 Å². The summed E-state index contributed by atoms with van der Waals surface area (Å²) < 4.78 is 0. The van der Waals surface area contributed by atoms with Crippen LogP contribution in [-0.4, -0.2) is 22.6 Å². The maximum Gasteiger partial charge on any atom is 0.276 e. The molecule has 0 saturated heterocycles. The van der Waals surface area contributed by atoms with Crippen LogP contribution in [-0.2, 0) is 0 Å². The molecular weight excluding hydrogens is 168 g/mol. The zero-order valence-electron chi connectivity index (χ0n) is 7.64. The van der Waals surface area contributed by atoms with Gasteiger partial charge in [0.25, 0.3) is 5.56 Å². The van der Waals surface area contributed by atoms with Crippen LogP contribution in [0.15, 0.2) is 4.79 Å². The molecule has 1 aliphatic heterocycles. The third kappa shape index (κ3) is 1.37.